The van der Waals surface area contributed by atoms with E-state index in [9.17, 15) is 18.0 Å². The van der Waals surface area contributed by atoms with Gasteiger partial charge in [0.1, 0.15) is 11.6 Å². The van der Waals surface area contributed by atoms with Crippen LogP contribution in [-0.2, 0) is 24.5 Å². The van der Waals surface area contributed by atoms with E-state index in [1.54, 1.807) is 41.5 Å². The summed E-state index contributed by atoms with van der Waals surface area (Å²) in [6, 6.07) is -1.60. The molecular formula is C12H24N2O6S. The highest BCUT2D eigenvalue weighted by Crippen LogP contribution is 2.10. The Bertz CT molecular complexity index is 487. The topological polar surface area (TPSA) is 122 Å². The van der Waals surface area contributed by atoms with Crippen LogP contribution in [0.25, 0.3) is 0 Å². The van der Waals surface area contributed by atoms with Gasteiger partial charge in [-0.15, -0.1) is 0 Å². The van der Waals surface area contributed by atoms with Gasteiger partial charge < -0.3 is 9.84 Å². The standard InChI is InChI=1S/C12H24N2O6S/c1-11(2,3)14-21(18,19)13-8(10(16)17)7-9(15)20-12(4,5)6/h8,13-14H,7H2,1-6H3,(H,16,17)/t8-/m0/s1. The lowest BCUT2D eigenvalue weighted by Crippen LogP contribution is -2.52. The molecule has 0 aromatic carbocycles. The lowest BCUT2D eigenvalue weighted by Gasteiger charge is -2.23. The largest absolute Gasteiger partial charge is 0.480 e. The Morgan fingerprint density at radius 3 is 1.95 bits per heavy atom. The van der Waals surface area contributed by atoms with Crippen molar-refractivity contribution < 1.29 is 27.9 Å². The number of hydrogen-bond acceptors (Lipinski definition) is 5. The average molecular weight is 324 g/mol. The van der Waals surface area contributed by atoms with E-state index in [1.807, 2.05) is 4.72 Å². The lowest BCUT2D eigenvalue weighted by atomic mass is 10.1. The van der Waals surface area contributed by atoms with E-state index >= 15 is 0 Å². The Morgan fingerprint density at radius 1 is 1.14 bits per heavy atom. The van der Waals surface area contributed by atoms with Gasteiger partial charge in [-0.25, -0.2) is 0 Å². The molecule has 8 nitrogen and oxygen atoms in total. The molecule has 9 heteroatoms. The zero-order chi connectivity index (χ0) is 17.1. The maximum atomic E-state index is 11.8. The van der Waals surface area contributed by atoms with Crippen LogP contribution in [-0.4, -0.2) is 42.6 Å². The van der Waals surface area contributed by atoms with Crippen molar-refractivity contribution in [2.45, 2.75) is 65.1 Å². The normalized spacial score (nSPS) is 14.6. The van der Waals surface area contributed by atoms with Crippen molar-refractivity contribution >= 4 is 22.1 Å². The smallest absolute Gasteiger partial charge is 0.322 e. The van der Waals surface area contributed by atoms with Crippen LogP contribution < -0.4 is 9.44 Å². The highest BCUT2D eigenvalue weighted by molar-refractivity contribution is 7.87. The third-order valence-corrected chi connectivity index (χ3v) is 3.30. The van der Waals surface area contributed by atoms with Gasteiger partial charge in [-0.05, 0) is 41.5 Å². The van der Waals surface area contributed by atoms with E-state index in [4.69, 9.17) is 9.84 Å². The predicted molar refractivity (Wildman–Crippen MR) is 76.8 cm³/mol. The first kappa shape index (κ1) is 19.8. The molecule has 0 bridgehead atoms. The number of aliphatic carboxylic acids is 1. The minimum Gasteiger partial charge on any atom is -0.480 e. The summed E-state index contributed by atoms with van der Waals surface area (Å²) >= 11 is 0. The number of hydrogen-bond donors (Lipinski definition) is 3. The second-order valence-electron chi connectivity index (χ2n) is 6.65. The highest BCUT2D eigenvalue weighted by Gasteiger charge is 2.30. The number of ether oxygens (including phenoxy) is 1. The zero-order valence-electron chi connectivity index (χ0n) is 13.2. The second-order valence-corrected chi connectivity index (χ2v) is 8.10. The Kier molecular flexibility index (Phi) is 6.33. The van der Waals surface area contributed by atoms with Crippen LogP contribution in [0.5, 0.6) is 0 Å². The van der Waals surface area contributed by atoms with Crippen molar-refractivity contribution in [2.24, 2.45) is 0 Å². The second kappa shape index (κ2) is 6.71. The summed E-state index contributed by atoms with van der Waals surface area (Å²) in [5.41, 5.74) is -1.55. The molecule has 0 fully saturated rings. The molecule has 0 heterocycles. The Hall–Kier alpha value is -1.19. The van der Waals surface area contributed by atoms with Crippen LogP contribution in [0.3, 0.4) is 0 Å². The zero-order valence-corrected chi connectivity index (χ0v) is 14.0. The minimum absolute atomic E-state index is 0.600. The molecule has 0 radical (unpaired) electrons. The van der Waals surface area contributed by atoms with Gasteiger partial charge in [0.15, 0.2) is 0 Å². The molecule has 0 aliphatic heterocycles. The maximum Gasteiger partial charge on any atom is 0.322 e. The first-order valence-electron chi connectivity index (χ1n) is 6.37. The lowest BCUT2D eigenvalue weighted by molar-refractivity contribution is -0.158. The fourth-order valence-electron chi connectivity index (χ4n) is 1.35. The Morgan fingerprint density at radius 2 is 1.62 bits per heavy atom. The summed E-state index contributed by atoms with van der Waals surface area (Å²) in [5, 5.41) is 9.02. The number of carbonyl (C=O) groups excluding carboxylic acids is 1. The Labute approximate surface area is 125 Å². The summed E-state index contributed by atoms with van der Waals surface area (Å²) in [5.74, 6) is -2.26. The Balaban J connectivity index is 4.87. The fraction of sp³-hybridized carbons (Fsp3) is 0.833. The molecule has 0 rings (SSSR count). The number of carboxylic acid groups (broad SMARTS) is 1. The van der Waals surface area contributed by atoms with E-state index in [0.29, 0.717) is 0 Å². The van der Waals surface area contributed by atoms with Crippen molar-refractivity contribution in [3.8, 4) is 0 Å². The summed E-state index contributed by atoms with van der Waals surface area (Å²) in [7, 11) is -4.06. The summed E-state index contributed by atoms with van der Waals surface area (Å²) < 4.78 is 32.7. The third-order valence-electron chi connectivity index (χ3n) is 1.83. The van der Waals surface area contributed by atoms with Gasteiger partial charge in [0.2, 0.25) is 0 Å². The quantitative estimate of drug-likeness (QED) is 0.608. The van der Waals surface area contributed by atoms with Crippen molar-refractivity contribution in [1.82, 2.24) is 9.44 Å². The SMILES string of the molecule is CC(C)(C)NS(=O)(=O)N[C@@H](CC(=O)OC(C)(C)C)C(=O)O. The van der Waals surface area contributed by atoms with E-state index in [0.717, 1.165) is 0 Å². The van der Waals surface area contributed by atoms with Crippen molar-refractivity contribution in [1.29, 1.82) is 0 Å². The molecule has 0 unspecified atom stereocenters. The van der Waals surface area contributed by atoms with Crippen LogP contribution >= 0.6 is 0 Å². The third kappa shape index (κ3) is 10.2. The van der Waals surface area contributed by atoms with Crippen molar-refractivity contribution in [3.63, 3.8) is 0 Å². The highest BCUT2D eigenvalue weighted by atomic mass is 32.2. The number of carbonyl (C=O) groups is 2. The number of nitrogens with one attached hydrogen (secondary N) is 2. The molecule has 0 saturated carbocycles. The van der Waals surface area contributed by atoms with E-state index in [-0.39, 0.29) is 0 Å². The first-order chi connectivity index (χ1) is 9.11. The van der Waals surface area contributed by atoms with Gasteiger partial charge in [-0.2, -0.15) is 17.9 Å². The molecule has 0 spiro atoms. The van der Waals surface area contributed by atoms with Gasteiger partial charge >= 0.3 is 11.9 Å². The summed E-state index contributed by atoms with van der Waals surface area (Å²) in [6.07, 6.45) is -0.600. The molecule has 0 amide bonds. The van der Waals surface area contributed by atoms with Gasteiger partial charge in [-0.1, -0.05) is 0 Å². The summed E-state index contributed by atoms with van der Waals surface area (Å²) in [6.45, 7) is 9.71. The molecule has 124 valence electrons. The van der Waals surface area contributed by atoms with Gasteiger partial charge in [0.25, 0.3) is 10.2 Å². The van der Waals surface area contributed by atoms with E-state index in [2.05, 4.69) is 4.72 Å². The maximum absolute atomic E-state index is 11.8. The molecule has 3 N–H and O–H groups in total. The molecule has 0 aliphatic carbocycles. The van der Waals surface area contributed by atoms with Crippen LogP contribution in [0, 0.1) is 0 Å². The fourth-order valence-corrected chi connectivity index (χ4v) is 2.77. The van der Waals surface area contributed by atoms with Crippen molar-refractivity contribution in [2.75, 3.05) is 0 Å². The molecule has 0 aliphatic rings. The number of carboxylic acids is 1. The predicted octanol–water partition coefficient (Wildman–Crippen LogP) is 0.394. The first-order valence-corrected chi connectivity index (χ1v) is 7.85. The molecule has 1 atom stereocenters. The van der Waals surface area contributed by atoms with Crippen LogP contribution in [0.4, 0.5) is 0 Å². The van der Waals surface area contributed by atoms with Gasteiger partial charge in [0, 0.05) is 5.54 Å². The number of esters is 1. The minimum atomic E-state index is -4.06. The molecule has 0 aromatic heterocycles. The molecule has 0 aromatic rings. The molecule has 21 heavy (non-hydrogen) atoms. The van der Waals surface area contributed by atoms with Crippen LogP contribution in [0.1, 0.15) is 48.0 Å². The monoisotopic (exact) mass is 324 g/mol. The van der Waals surface area contributed by atoms with Crippen molar-refractivity contribution in [3.05, 3.63) is 0 Å². The van der Waals surface area contributed by atoms with Gasteiger partial charge in [0.05, 0.1) is 6.42 Å². The van der Waals surface area contributed by atoms with Crippen LogP contribution in [0.15, 0.2) is 0 Å². The number of rotatable bonds is 6. The molecule has 0 saturated heterocycles. The average Bonchev–Trinajstić information content (AvgIpc) is 2.07. The van der Waals surface area contributed by atoms with Crippen LogP contribution in [0.2, 0.25) is 0 Å². The van der Waals surface area contributed by atoms with E-state index in [1.165, 1.54) is 0 Å². The van der Waals surface area contributed by atoms with Gasteiger partial charge in [-0.3, -0.25) is 9.59 Å². The van der Waals surface area contributed by atoms with E-state index < -0.39 is 45.8 Å². The molecular weight excluding hydrogens is 300 g/mol. The summed E-state index contributed by atoms with van der Waals surface area (Å²) in [4.78, 5) is 22.7.